The summed E-state index contributed by atoms with van der Waals surface area (Å²) >= 11 is 0. The maximum absolute atomic E-state index is 13.8. The van der Waals surface area contributed by atoms with Gasteiger partial charge in [0.05, 0.1) is 0 Å². The van der Waals surface area contributed by atoms with Gasteiger partial charge in [0, 0.05) is 10.8 Å². The summed E-state index contributed by atoms with van der Waals surface area (Å²) in [6, 6.07) is 6.55. The first-order valence-corrected chi connectivity index (χ1v) is 6.12. The van der Waals surface area contributed by atoms with E-state index in [2.05, 4.69) is 6.08 Å². The van der Waals surface area contributed by atoms with Crippen molar-refractivity contribution in [3.63, 3.8) is 0 Å². The Balaban J connectivity index is 2.45. The van der Waals surface area contributed by atoms with Crippen molar-refractivity contribution in [2.45, 2.75) is 26.7 Å². The Kier molecular flexibility index (Phi) is 3.75. The Hall–Kier alpha value is -1.70. The Bertz CT molecular complexity index is 598. The molecule has 0 saturated heterocycles. The van der Waals surface area contributed by atoms with Gasteiger partial charge in [-0.3, -0.25) is 0 Å². The first kappa shape index (κ1) is 12.7. The molecule has 2 heteroatoms. The minimum atomic E-state index is -0.350. The molecule has 18 heavy (non-hydrogen) atoms. The van der Waals surface area contributed by atoms with Gasteiger partial charge in [0.15, 0.2) is 0 Å². The fraction of sp³-hybridized carbons (Fsp3) is 0.250. The number of fused-ring (bicyclic) bond motifs is 1. The first-order valence-electron chi connectivity index (χ1n) is 6.12. The van der Waals surface area contributed by atoms with Gasteiger partial charge in [0.2, 0.25) is 0 Å². The number of hydrogen-bond acceptors (Lipinski definition) is 0. The fourth-order valence-corrected chi connectivity index (χ4v) is 2.10. The fourth-order valence-electron chi connectivity index (χ4n) is 2.10. The topological polar surface area (TPSA) is 0 Å². The van der Waals surface area contributed by atoms with Gasteiger partial charge in [-0.2, -0.15) is 0 Å². The van der Waals surface area contributed by atoms with Crippen molar-refractivity contribution in [2.75, 3.05) is 0 Å². The van der Waals surface area contributed by atoms with Crippen LogP contribution in [-0.4, -0.2) is 0 Å². The van der Waals surface area contributed by atoms with Crippen LogP contribution in [0.25, 0.3) is 10.8 Å². The van der Waals surface area contributed by atoms with E-state index in [1.165, 1.54) is 6.07 Å². The minimum Gasteiger partial charge on any atom is -0.206 e. The molecule has 0 unspecified atom stereocenters. The average molecular weight is 246 g/mol. The molecule has 0 aliphatic carbocycles. The molecule has 0 saturated carbocycles. The molecular weight excluding hydrogens is 230 g/mol. The SMILES string of the molecule is CC=CCCc1ccc2c(F)c(C)cc(F)c2c1. The molecule has 0 heterocycles. The summed E-state index contributed by atoms with van der Waals surface area (Å²) in [6.07, 6.45) is 5.81. The van der Waals surface area contributed by atoms with Crippen LogP contribution in [0.2, 0.25) is 0 Å². The van der Waals surface area contributed by atoms with Crippen molar-refractivity contribution in [2.24, 2.45) is 0 Å². The maximum Gasteiger partial charge on any atom is 0.134 e. The number of halogens is 2. The van der Waals surface area contributed by atoms with Crippen LogP contribution in [0.5, 0.6) is 0 Å². The number of hydrogen-bond donors (Lipinski definition) is 0. The Labute approximate surface area is 106 Å². The molecule has 0 aliphatic heterocycles. The highest BCUT2D eigenvalue weighted by Crippen LogP contribution is 2.25. The van der Waals surface area contributed by atoms with Gasteiger partial charge < -0.3 is 0 Å². The molecule has 0 amide bonds. The third kappa shape index (κ3) is 2.42. The van der Waals surface area contributed by atoms with E-state index in [9.17, 15) is 8.78 Å². The molecule has 2 rings (SSSR count). The van der Waals surface area contributed by atoms with Crippen molar-refractivity contribution in [1.29, 1.82) is 0 Å². The Morgan fingerprint density at radius 3 is 2.61 bits per heavy atom. The average Bonchev–Trinajstić information content (AvgIpc) is 2.36. The van der Waals surface area contributed by atoms with Gasteiger partial charge in [-0.1, -0.05) is 24.3 Å². The van der Waals surface area contributed by atoms with Gasteiger partial charge in [-0.05, 0) is 49.9 Å². The zero-order valence-electron chi connectivity index (χ0n) is 10.6. The largest absolute Gasteiger partial charge is 0.206 e. The maximum atomic E-state index is 13.8. The predicted octanol–water partition coefficient (Wildman–Crippen LogP) is 4.94. The van der Waals surface area contributed by atoms with Crippen LogP contribution >= 0.6 is 0 Å². The molecule has 0 fully saturated rings. The quantitative estimate of drug-likeness (QED) is 0.673. The van der Waals surface area contributed by atoms with Gasteiger partial charge in [-0.25, -0.2) is 8.78 Å². The molecule has 0 N–H and O–H groups in total. The molecule has 0 atom stereocenters. The number of aryl methyl sites for hydroxylation is 2. The Morgan fingerprint density at radius 1 is 1.11 bits per heavy atom. The molecule has 0 bridgehead atoms. The third-order valence-corrected chi connectivity index (χ3v) is 3.10. The molecule has 0 radical (unpaired) electrons. The number of allylic oxidation sites excluding steroid dienone is 2. The van der Waals surface area contributed by atoms with E-state index >= 15 is 0 Å². The van der Waals surface area contributed by atoms with Crippen LogP contribution in [0.3, 0.4) is 0 Å². The lowest BCUT2D eigenvalue weighted by molar-refractivity contribution is 0.610. The molecule has 94 valence electrons. The second-order valence-electron chi connectivity index (χ2n) is 4.48. The van der Waals surface area contributed by atoms with Crippen LogP contribution in [0.15, 0.2) is 36.4 Å². The lowest BCUT2D eigenvalue weighted by Gasteiger charge is -2.07. The van der Waals surface area contributed by atoms with Crippen molar-refractivity contribution in [3.8, 4) is 0 Å². The normalized spacial score (nSPS) is 11.6. The number of benzene rings is 2. The smallest absolute Gasteiger partial charge is 0.134 e. The lowest BCUT2D eigenvalue weighted by atomic mass is 10.0. The highest BCUT2D eigenvalue weighted by atomic mass is 19.1. The zero-order valence-corrected chi connectivity index (χ0v) is 10.6. The first-order chi connectivity index (χ1) is 8.63. The van der Waals surface area contributed by atoms with Gasteiger partial charge >= 0.3 is 0 Å². The van der Waals surface area contributed by atoms with E-state index < -0.39 is 0 Å². The monoisotopic (exact) mass is 246 g/mol. The molecule has 0 aliphatic rings. The highest BCUT2D eigenvalue weighted by Gasteiger charge is 2.09. The van der Waals surface area contributed by atoms with Crippen molar-refractivity contribution in [3.05, 3.63) is 59.2 Å². The van der Waals surface area contributed by atoms with E-state index in [-0.39, 0.29) is 11.6 Å². The summed E-state index contributed by atoms with van der Waals surface area (Å²) in [7, 11) is 0. The molecule has 0 spiro atoms. The summed E-state index contributed by atoms with van der Waals surface area (Å²) in [5.74, 6) is -0.678. The minimum absolute atomic E-state index is 0.327. The van der Waals surface area contributed by atoms with E-state index in [0.717, 1.165) is 18.4 Å². The second kappa shape index (κ2) is 5.30. The third-order valence-electron chi connectivity index (χ3n) is 3.10. The second-order valence-corrected chi connectivity index (χ2v) is 4.48. The molecule has 0 nitrogen and oxygen atoms in total. The molecule has 2 aromatic rings. The number of rotatable bonds is 3. The Morgan fingerprint density at radius 2 is 1.89 bits per heavy atom. The molecule has 0 aromatic heterocycles. The van der Waals surface area contributed by atoms with Crippen LogP contribution in [-0.2, 0) is 6.42 Å². The summed E-state index contributed by atoms with van der Waals surface area (Å²) in [6.45, 7) is 3.55. The summed E-state index contributed by atoms with van der Waals surface area (Å²) in [5, 5.41) is 0.735. The van der Waals surface area contributed by atoms with Gasteiger partial charge in [-0.15, -0.1) is 0 Å². The van der Waals surface area contributed by atoms with Gasteiger partial charge in [0.25, 0.3) is 0 Å². The zero-order chi connectivity index (χ0) is 13.1. The highest BCUT2D eigenvalue weighted by molar-refractivity contribution is 5.85. The molecule has 2 aromatic carbocycles. The summed E-state index contributed by atoms with van der Waals surface area (Å²) in [4.78, 5) is 0. The van der Waals surface area contributed by atoms with Crippen molar-refractivity contribution >= 4 is 10.8 Å². The standard InChI is InChI=1S/C16H16F2/c1-3-4-5-6-12-7-8-13-14(10-12)15(17)9-11(2)16(13)18/h3-4,7-10H,5-6H2,1-2H3. The van der Waals surface area contributed by atoms with E-state index in [1.807, 2.05) is 19.1 Å². The molecular formula is C16H16F2. The van der Waals surface area contributed by atoms with E-state index in [1.54, 1.807) is 19.1 Å². The summed E-state index contributed by atoms with van der Waals surface area (Å²) < 4.78 is 27.7. The van der Waals surface area contributed by atoms with Crippen LogP contribution in [0.1, 0.15) is 24.5 Å². The van der Waals surface area contributed by atoms with Crippen molar-refractivity contribution in [1.82, 2.24) is 0 Å². The predicted molar refractivity (Wildman–Crippen MR) is 71.7 cm³/mol. The van der Waals surface area contributed by atoms with E-state index in [4.69, 9.17) is 0 Å². The van der Waals surface area contributed by atoms with Crippen LogP contribution in [0.4, 0.5) is 8.78 Å². The summed E-state index contributed by atoms with van der Waals surface area (Å²) in [5.41, 5.74) is 1.38. The van der Waals surface area contributed by atoms with E-state index in [0.29, 0.717) is 16.3 Å². The van der Waals surface area contributed by atoms with Crippen LogP contribution < -0.4 is 0 Å². The van der Waals surface area contributed by atoms with Crippen molar-refractivity contribution < 1.29 is 8.78 Å². The lowest BCUT2D eigenvalue weighted by Crippen LogP contribution is -1.92. The van der Waals surface area contributed by atoms with Gasteiger partial charge in [0.1, 0.15) is 11.6 Å². The van der Waals surface area contributed by atoms with Crippen LogP contribution in [0, 0.1) is 18.6 Å².